The van der Waals surface area contributed by atoms with Crippen LogP contribution in [-0.2, 0) is 11.2 Å². The number of aromatic nitrogens is 1. The lowest BCUT2D eigenvalue weighted by Gasteiger charge is -1.89. The molecule has 1 heterocycles. The lowest BCUT2D eigenvalue weighted by atomic mass is 10.2. The normalized spacial score (nSPS) is 10.0. The van der Waals surface area contributed by atoms with Crippen molar-refractivity contribution >= 4 is 5.97 Å². The Hall–Kier alpha value is -1.32. The molecular weight excluding hydrogens is 170 g/mol. The smallest absolute Gasteiger partial charge is 0.376 e. The number of carbonyl (C=O) groups is 1. The highest BCUT2D eigenvalue weighted by atomic mass is 16.5. The maximum atomic E-state index is 10.9. The molecule has 72 valence electrons. The summed E-state index contributed by atoms with van der Waals surface area (Å²) in [6, 6.07) is 1.63. The zero-order chi connectivity index (χ0) is 9.68. The predicted molar refractivity (Wildman–Crippen MR) is 46.5 cm³/mol. The van der Waals surface area contributed by atoms with Gasteiger partial charge >= 0.3 is 5.97 Å². The van der Waals surface area contributed by atoms with E-state index < -0.39 is 5.97 Å². The molecule has 0 aliphatic carbocycles. The molecule has 0 N–H and O–H groups in total. The summed E-state index contributed by atoms with van der Waals surface area (Å²) in [5.74, 6) is -0.302. The van der Waals surface area contributed by atoms with Gasteiger partial charge in [0.2, 0.25) is 5.76 Å². The largest absolute Gasteiger partial charge is 0.463 e. The molecule has 0 spiro atoms. The summed E-state index contributed by atoms with van der Waals surface area (Å²) in [5.41, 5.74) is 0.808. The molecule has 0 aliphatic rings. The van der Waals surface area contributed by atoms with Crippen LogP contribution in [0.4, 0.5) is 0 Å². The summed E-state index contributed by atoms with van der Waals surface area (Å²) in [6.45, 7) is 2.10. The second-order valence-corrected chi connectivity index (χ2v) is 2.78. The maximum absolute atomic E-state index is 10.9. The number of rotatable bonds is 4. The topological polar surface area (TPSA) is 52.3 Å². The minimum Gasteiger partial charge on any atom is -0.463 e. The van der Waals surface area contributed by atoms with Crippen molar-refractivity contribution in [2.45, 2.75) is 26.2 Å². The SMILES string of the molecule is CCCCc1cc(C(=O)OC)on1. The van der Waals surface area contributed by atoms with Gasteiger partial charge in [-0.2, -0.15) is 0 Å². The van der Waals surface area contributed by atoms with Crippen LogP contribution in [-0.4, -0.2) is 18.2 Å². The standard InChI is InChI=1S/C9H13NO3/c1-3-4-5-7-6-8(13-10-7)9(11)12-2/h6H,3-5H2,1-2H3. The lowest BCUT2D eigenvalue weighted by Crippen LogP contribution is -1.98. The van der Waals surface area contributed by atoms with E-state index >= 15 is 0 Å². The summed E-state index contributed by atoms with van der Waals surface area (Å²) in [7, 11) is 1.32. The van der Waals surface area contributed by atoms with Crippen molar-refractivity contribution in [3.63, 3.8) is 0 Å². The van der Waals surface area contributed by atoms with Crippen molar-refractivity contribution in [2.75, 3.05) is 7.11 Å². The fraction of sp³-hybridized carbons (Fsp3) is 0.556. The van der Waals surface area contributed by atoms with E-state index in [2.05, 4.69) is 16.8 Å². The van der Waals surface area contributed by atoms with Gasteiger partial charge < -0.3 is 9.26 Å². The molecule has 4 heteroatoms. The molecule has 1 rings (SSSR count). The fourth-order valence-corrected chi connectivity index (χ4v) is 0.984. The molecule has 0 unspecified atom stereocenters. The van der Waals surface area contributed by atoms with E-state index in [0.717, 1.165) is 25.0 Å². The Morgan fingerprint density at radius 3 is 3.08 bits per heavy atom. The number of carbonyl (C=O) groups excluding carboxylic acids is 1. The number of methoxy groups -OCH3 is 1. The van der Waals surface area contributed by atoms with Crippen molar-refractivity contribution in [3.8, 4) is 0 Å². The molecule has 13 heavy (non-hydrogen) atoms. The van der Waals surface area contributed by atoms with Crippen LogP contribution < -0.4 is 0 Å². The van der Waals surface area contributed by atoms with E-state index in [-0.39, 0.29) is 5.76 Å². The molecule has 0 fully saturated rings. The van der Waals surface area contributed by atoms with Crippen LogP contribution in [0.25, 0.3) is 0 Å². The van der Waals surface area contributed by atoms with Crippen molar-refractivity contribution in [1.82, 2.24) is 5.16 Å². The first-order valence-corrected chi connectivity index (χ1v) is 4.31. The van der Waals surface area contributed by atoms with Gasteiger partial charge in [0.1, 0.15) is 0 Å². The Bertz CT molecular complexity index is 280. The number of hydrogen-bond donors (Lipinski definition) is 0. The zero-order valence-corrected chi connectivity index (χ0v) is 7.87. The van der Waals surface area contributed by atoms with Crippen LogP contribution in [0.2, 0.25) is 0 Å². The summed E-state index contributed by atoms with van der Waals surface area (Å²) >= 11 is 0. The number of aryl methyl sites for hydroxylation is 1. The van der Waals surface area contributed by atoms with Crippen LogP contribution in [0.3, 0.4) is 0 Å². The third-order valence-electron chi connectivity index (χ3n) is 1.73. The number of esters is 1. The number of unbranched alkanes of at least 4 members (excludes halogenated alkanes) is 1. The van der Waals surface area contributed by atoms with Gasteiger partial charge in [0, 0.05) is 6.07 Å². The second-order valence-electron chi connectivity index (χ2n) is 2.78. The van der Waals surface area contributed by atoms with E-state index in [1.54, 1.807) is 6.07 Å². The average Bonchev–Trinajstić information content (AvgIpc) is 2.62. The molecule has 0 aliphatic heterocycles. The third kappa shape index (κ3) is 2.57. The molecule has 0 radical (unpaired) electrons. The van der Waals surface area contributed by atoms with Gasteiger partial charge in [-0.3, -0.25) is 0 Å². The van der Waals surface area contributed by atoms with Crippen LogP contribution in [0.15, 0.2) is 10.6 Å². The van der Waals surface area contributed by atoms with Crippen LogP contribution >= 0.6 is 0 Å². The predicted octanol–water partition coefficient (Wildman–Crippen LogP) is 1.80. The molecule has 4 nitrogen and oxygen atoms in total. The molecule has 1 aromatic rings. The van der Waals surface area contributed by atoms with Crippen molar-refractivity contribution in [2.24, 2.45) is 0 Å². The highest BCUT2D eigenvalue weighted by molar-refractivity contribution is 5.86. The molecule has 0 aromatic carbocycles. The highest BCUT2D eigenvalue weighted by Crippen LogP contribution is 2.07. The molecule has 1 aromatic heterocycles. The van der Waals surface area contributed by atoms with Gasteiger partial charge in [-0.05, 0) is 12.8 Å². The van der Waals surface area contributed by atoms with Crippen LogP contribution in [0, 0.1) is 0 Å². The molecular formula is C9H13NO3. The molecule has 0 amide bonds. The van der Waals surface area contributed by atoms with E-state index in [1.165, 1.54) is 7.11 Å². The molecule has 0 bridgehead atoms. The summed E-state index contributed by atoms with van der Waals surface area (Å²) in [5, 5.41) is 3.75. The number of hydrogen-bond acceptors (Lipinski definition) is 4. The van der Waals surface area contributed by atoms with E-state index in [1.807, 2.05) is 0 Å². The van der Waals surface area contributed by atoms with Gasteiger partial charge in [-0.25, -0.2) is 4.79 Å². The second kappa shape index (κ2) is 4.64. The fourth-order valence-electron chi connectivity index (χ4n) is 0.984. The Labute approximate surface area is 76.9 Å². The van der Waals surface area contributed by atoms with Crippen molar-refractivity contribution in [1.29, 1.82) is 0 Å². The Morgan fingerprint density at radius 2 is 2.46 bits per heavy atom. The molecule has 0 atom stereocenters. The Morgan fingerprint density at radius 1 is 1.69 bits per heavy atom. The molecule has 0 saturated carbocycles. The zero-order valence-electron chi connectivity index (χ0n) is 7.87. The maximum Gasteiger partial charge on any atom is 0.376 e. The van der Waals surface area contributed by atoms with Crippen LogP contribution in [0.1, 0.15) is 36.0 Å². The third-order valence-corrected chi connectivity index (χ3v) is 1.73. The van der Waals surface area contributed by atoms with Gasteiger partial charge in [0.15, 0.2) is 0 Å². The van der Waals surface area contributed by atoms with Crippen molar-refractivity contribution < 1.29 is 14.1 Å². The van der Waals surface area contributed by atoms with Gasteiger partial charge in [0.05, 0.1) is 12.8 Å². The first kappa shape index (κ1) is 9.77. The average molecular weight is 183 g/mol. The summed E-state index contributed by atoms with van der Waals surface area (Å²) in [6.07, 6.45) is 2.99. The van der Waals surface area contributed by atoms with E-state index in [9.17, 15) is 4.79 Å². The minimum atomic E-state index is -0.477. The number of ether oxygens (including phenoxy) is 1. The number of nitrogens with zero attached hydrogens (tertiary/aromatic N) is 1. The summed E-state index contributed by atoms with van der Waals surface area (Å²) in [4.78, 5) is 10.9. The quantitative estimate of drug-likeness (QED) is 0.668. The van der Waals surface area contributed by atoms with Crippen LogP contribution in [0.5, 0.6) is 0 Å². The summed E-state index contributed by atoms with van der Waals surface area (Å²) < 4.78 is 9.27. The van der Waals surface area contributed by atoms with Gasteiger partial charge in [-0.1, -0.05) is 18.5 Å². The Kier molecular flexibility index (Phi) is 3.49. The van der Waals surface area contributed by atoms with E-state index in [4.69, 9.17) is 4.52 Å². The lowest BCUT2D eigenvalue weighted by molar-refractivity contribution is 0.0554. The van der Waals surface area contributed by atoms with E-state index in [0.29, 0.717) is 0 Å². The first-order valence-electron chi connectivity index (χ1n) is 4.31. The monoisotopic (exact) mass is 183 g/mol. The minimum absolute atomic E-state index is 0.175. The highest BCUT2D eigenvalue weighted by Gasteiger charge is 2.12. The molecule has 0 saturated heterocycles. The Balaban J connectivity index is 2.58. The van der Waals surface area contributed by atoms with Crippen molar-refractivity contribution in [3.05, 3.63) is 17.5 Å². The van der Waals surface area contributed by atoms with Gasteiger partial charge in [-0.15, -0.1) is 0 Å². The first-order chi connectivity index (χ1) is 6.27. The van der Waals surface area contributed by atoms with Gasteiger partial charge in [0.25, 0.3) is 0 Å².